The summed E-state index contributed by atoms with van der Waals surface area (Å²) in [5.41, 5.74) is 1.76. The SMILES string of the molecule is CC[C@H](C(=O)Nc1cc(C)ccc1OC)N(c1cccc(Cl)c1)S(C)(=O)=O. The Balaban J connectivity index is 2.42. The molecule has 0 aromatic heterocycles. The number of carbonyl (C=O) groups excluding carboxylic acids is 1. The number of halogens is 1. The lowest BCUT2D eigenvalue weighted by atomic mass is 10.1. The van der Waals surface area contributed by atoms with Crippen molar-refractivity contribution in [3.8, 4) is 5.75 Å². The average Bonchev–Trinajstić information content (AvgIpc) is 2.58. The zero-order chi connectivity index (χ0) is 20.2. The number of benzene rings is 2. The highest BCUT2D eigenvalue weighted by Crippen LogP contribution is 2.28. The normalized spacial score (nSPS) is 12.3. The van der Waals surface area contributed by atoms with Gasteiger partial charge in [-0.15, -0.1) is 0 Å². The number of ether oxygens (including phenoxy) is 1. The van der Waals surface area contributed by atoms with Crippen molar-refractivity contribution in [2.45, 2.75) is 26.3 Å². The molecule has 0 spiro atoms. The molecule has 0 saturated heterocycles. The Morgan fingerprint density at radius 1 is 1.26 bits per heavy atom. The molecule has 0 unspecified atom stereocenters. The molecule has 0 aliphatic heterocycles. The van der Waals surface area contributed by atoms with E-state index in [4.69, 9.17) is 16.3 Å². The highest BCUT2D eigenvalue weighted by molar-refractivity contribution is 7.92. The maximum atomic E-state index is 13.0. The molecule has 0 bridgehead atoms. The minimum absolute atomic E-state index is 0.277. The fourth-order valence-corrected chi connectivity index (χ4v) is 4.20. The quantitative estimate of drug-likeness (QED) is 0.752. The van der Waals surface area contributed by atoms with Crippen molar-refractivity contribution < 1.29 is 17.9 Å². The van der Waals surface area contributed by atoms with E-state index in [9.17, 15) is 13.2 Å². The third-order valence-corrected chi connectivity index (χ3v) is 5.42. The van der Waals surface area contributed by atoms with Crippen LogP contribution in [0.4, 0.5) is 11.4 Å². The number of methoxy groups -OCH3 is 1. The van der Waals surface area contributed by atoms with Gasteiger partial charge in [-0.3, -0.25) is 9.10 Å². The molecule has 0 heterocycles. The molecule has 0 fully saturated rings. The van der Waals surface area contributed by atoms with Gasteiger partial charge in [0, 0.05) is 5.02 Å². The largest absolute Gasteiger partial charge is 0.495 e. The molecule has 8 heteroatoms. The smallest absolute Gasteiger partial charge is 0.248 e. The van der Waals surface area contributed by atoms with Crippen LogP contribution in [0.25, 0.3) is 0 Å². The molecular formula is C19H23ClN2O4S. The van der Waals surface area contributed by atoms with Crippen LogP contribution in [0.15, 0.2) is 42.5 Å². The molecule has 27 heavy (non-hydrogen) atoms. The van der Waals surface area contributed by atoms with Gasteiger partial charge < -0.3 is 10.1 Å². The minimum Gasteiger partial charge on any atom is -0.495 e. The lowest BCUT2D eigenvalue weighted by molar-refractivity contribution is -0.117. The van der Waals surface area contributed by atoms with E-state index < -0.39 is 22.0 Å². The number of aryl methyl sites for hydroxylation is 1. The molecule has 2 aromatic carbocycles. The number of hydrogen-bond acceptors (Lipinski definition) is 4. The first-order valence-electron chi connectivity index (χ1n) is 8.37. The summed E-state index contributed by atoms with van der Waals surface area (Å²) in [5, 5.41) is 3.17. The summed E-state index contributed by atoms with van der Waals surface area (Å²) in [4.78, 5) is 13.0. The highest BCUT2D eigenvalue weighted by atomic mass is 35.5. The fourth-order valence-electron chi connectivity index (χ4n) is 2.81. The molecule has 1 N–H and O–H groups in total. The number of nitrogens with one attached hydrogen (secondary N) is 1. The van der Waals surface area contributed by atoms with E-state index in [-0.39, 0.29) is 6.42 Å². The lowest BCUT2D eigenvalue weighted by Crippen LogP contribution is -2.47. The molecular weight excluding hydrogens is 388 g/mol. The maximum absolute atomic E-state index is 13.0. The van der Waals surface area contributed by atoms with Crippen LogP contribution >= 0.6 is 11.6 Å². The molecule has 1 amide bonds. The van der Waals surface area contributed by atoms with Gasteiger partial charge in [-0.1, -0.05) is 30.7 Å². The summed E-state index contributed by atoms with van der Waals surface area (Å²) >= 11 is 6.01. The molecule has 0 radical (unpaired) electrons. The van der Waals surface area contributed by atoms with Crippen LogP contribution in [0.5, 0.6) is 5.75 Å². The van der Waals surface area contributed by atoms with E-state index in [2.05, 4.69) is 5.32 Å². The number of carbonyl (C=O) groups is 1. The molecule has 0 saturated carbocycles. The predicted molar refractivity (Wildman–Crippen MR) is 109 cm³/mol. The van der Waals surface area contributed by atoms with Gasteiger partial charge in [-0.2, -0.15) is 0 Å². The summed E-state index contributed by atoms with van der Waals surface area (Å²) in [5.74, 6) is 0.0456. The fraction of sp³-hybridized carbons (Fsp3) is 0.316. The summed E-state index contributed by atoms with van der Waals surface area (Å²) in [7, 11) is -2.22. The van der Waals surface area contributed by atoms with Crippen LogP contribution in [-0.4, -0.2) is 33.7 Å². The third-order valence-electron chi connectivity index (χ3n) is 4.01. The van der Waals surface area contributed by atoms with Gasteiger partial charge >= 0.3 is 0 Å². The Hall–Kier alpha value is -2.25. The summed E-state index contributed by atoms with van der Waals surface area (Å²) in [6, 6.07) is 10.9. The molecule has 2 aromatic rings. The van der Waals surface area contributed by atoms with Crippen LogP contribution in [0, 0.1) is 6.92 Å². The van der Waals surface area contributed by atoms with Crippen molar-refractivity contribution in [3.63, 3.8) is 0 Å². The Labute approximate surface area is 165 Å². The van der Waals surface area contributed by atoms with Crippen LogP contribution in [-0.2, 0) is 14.8 Å². The standard InChI is InChI=1S/C19H23ClN2O4S/c1-5-17(19(23)21-16-11-13(2)9-10-18(16)26-3)22(27(4,24)25)15-8-6-7-14(20)12-15/h6-12,17H,5H2,1-4H3,(H,21,23)/t17-/m1/s1. The van der Waals surface area contributed by atoms with Crippen LogP contribution in [0.3, 0.4) is 0 Å². The highest BCUT2D eigenvalue weighted by Gasteiger charge is 2.32. The van der Waals surface area contributed by atoms with Gasteiger partial charge in [0.1, 0.15) is 11.8 Å². The van der Waals surface area contributed by atoms with Crippen molar-refractivity contribution in [3.05, 3.63) is 53.1 Å². The van der Waals surface area contributed by atoms with Crippen LogP contribution in [0.1, 0.15) is 18.9 Å². The van der Waals surface area contributed by atoms with Crippen molar-refractivity contribution in [1.29, 1.82) is 0 Å². The van der Waals surface area contributed by atoms with Gasteiger partial charge in [0.05, 0.1) is 24.7 Å². The van der Waals surface area contributed by atoms with Crippen LogP contribution in [0.2, 0.25) is 5.02 Å². The topological polar surface area (TPSA) is 75.7 Å². The molecule has 0 aliphatic carbocycles. The van der Waals surface area contributed by atoms with Crippen molar-refractivity contribution in [2.75, 3.05) is 23.0 Å². The number of nitrogens with zero attached hydrogens (tertiary/aromatic N) is 1. The second-order valence-electron chi connectivity index (χ2n) is 6.16. The first-order valence-corrected chi connectivity index (χ1v) is 10.6. The van der Waals surface area contributed by atoms with Crippen molar-refractivity contribution >= 4 is 38.9 Å². The van der Waals surface area contributed by atoms with Gasteiger partial charge in [0.15, 0.2) is 0 Å². The van der Waals surface area contributed by atoms with Gasteiger partial charge in [-0.25, -0.2) is 8.42 Å². The second kappa shape index (κ2) is 8.63. The number of rotatable bonds is 7. The summed E-state index contributed by atoms with van der Waals surface area (Å²) in [6.07, 6.45) is 1.34. The first-order chi connectivity index (χ1) is 12.7. The Kier molecular flexibility index (Phi) is 6.73. The van der Waals surface area contributed by atoms with E-state index in [1.54, 1.807) is 37.3 Å². The monoisotopic (exact) mass is 410 g/mol. The number of amides is 1. The summed E-state index contributed by atoms with van der Waals surface area (Å²) in [6.45, 7) is 3.64. The van der Waals surface area contributed by atoms with Crippen molar-refractivity contribution in [1.82, 2.24) is 0 Å². The third kappa shape index (κ3) is 5.14. The van der Waals surface area contributed by atoms with E-state index >= 15 is 0 Å². The van der Waals surface area contributed by atoms with Gasteiger partial charge in [0.2, 0.25) is 15.9 Å². The van der Waals surface area contributed by atoms with Gasteiger partial charge in [0.25, 0.3) is 0 Å². The van der Waals surface area contributed by atoms with E-state index in [1.807, 2.05) is 13.0 Å². The predicted octanol–water partition coefficient (Wildman–Crippen LogP) is 3.84. The maximum Gasteiger partial charge on any atom is 0.248 e. The second-order valence-corrected chi connectivity index (χ2v) is 8.45. The minimum atomic E-state index is -3.72. The molecule has 146 valence electrons. The van der Waals surface area contributed by atoms with E-state index in [0.717, 1.165) is 16.1 Å². The average molecular weight is 411 g/mol. The van der Waals surface area contributed by atoms with Crippen molar-refractivity contribution in [2.24, 2.45) is 0 Å². The summed E-state index contributed by atoms with van der Waals surface area (Å²) < 4.78 is 31.3. The molecule has 2 rings (SSSR count). The van der Waals surface area contributed by atoms with E-state index in [1.165, 1.54) is 13.2 Å². The Bertz CT molecular complexity index is 931. The Morgan fingerprint density at radius 3 is 2.52 bits per heavy atom. The molecule has 0 aliphatic rings. The zero-order valence-corrected chi connectivity index (χ0v) is 17.3. The molecule has 6 nitrogen and oxygen atoms in total. The Morgan fingerprint density at radius 2 is 1.96 bits per heavy atom. The number of sulfonamides is 1. The van der Waals surface area contributed by atoms with E-state index in [0.29, 0.717) is 22.1 Å². The van der Waals surface area contributed by atoms with Gasteiger partial charge in [-0.05, 0) is 49.2 Å². The van der Waals surface area contributed by atoms with Crippen LogP contribution < -0.4 is 14.4 Å². The lowest BCUT2D eigenvalue weighted by Gasteiger charge is -2.30. The first kappa shape index (κ1) is 21.1. The molecule has 1 atom stereocenters. The number of hydrogen-bond donors (Lipinski definition) is 1. The zero-order valence-electron chi connectivity index (χ0n) is 15.7. The number of anilines is 2.